The van der Waals surface area contributed by atoms with Gasteiger partial charge in [0.15, 0.2) is 5.65 Å². The fraction of sp³-hybridized carbons (Fsp3) is 0.100. The Bertz CT molecular complexity index is 1230. The average Bonchev–Trinajstić information content (AvgIpc) is 2.97. The fourth-order valence-corrected chi connectivity index (χ4v) is 3.08. The van der Waals surface area contributed by atoms with Gasteiger partial charge in [0.05, 0.1) is 23.2 Å². The molecule has 2 aromatic heterocycles. The number of carbonyl (C=O) groups excluding carboxylic acids is 1. The molecule has 0 bridgehead atoms. The van der Waals surface area contributed by atoms with Gasteiger partial charge in [-0.05, 0) is 43.3 Å². The molecule has 0 aliphatic heterocycles. The van der Waals surface area contributed by atoms with Crippen molar-refractivity contribution in [2.45, 2.75) is 6.92 Å². The fourth-order valence-electron chi connectivity index (χ4n) is 3.08. The van der Waals surface area contributed by atoms with Crippen LogP contribution in [0.2, 0.25) is 0 Å². The molecule has 140 valence electrons. The summed E-state index contributed by atoms with van der Waals surface area (Å²) >= 11 is 0. The predicted octanol–water partition coefficient (Wildman–Crippen LogP) is 3.03. The highest BCUT2D eigenvalue weighted by molar-refractivity contribution is 6.09. The first-order chi connectivity index (χ1) is 13.5. The number of anilines is 1. The molecule has 4 aromatic rings. The monoisotopic (exact) mass is 376 g/mol. The number of nitrogens with two attached hydrogens (primary N) is 1. The predicted molar refractivity (Wildman–Crippen MR) is 104 cm³/mol. The molecule has 0 radical (unpaired) electrons. The number of nitrogen functional groups attached to an aromatic ring is 1. The van der Waals surface area contributed by atoms with Crippen LogP contribution >= 0.6 is 0 Å². The van der Waals surface area contributed by atoms with Gasteiger partial charge in [0.25, 0.3) is 0 Å². The van der Waals surface area contributed by atoms with Crippen LogP contribution in [0.4, 0.5) is 5.82 Å². The maximum atomic E-state index is 12.5. The van der Waals surface area contributed by atoms with Crippen LogP contribution in [-0.4, -0.2) is 38.2 Å². The standard InChI is InChI=1S/C20H16N4O4/c1-2-28-20(27)15-16-18(23-14-6-4-3-5-13(14)22-16)24(17(15)21)12-9-7-11(8-10-12)19(25)26/h3-10H,2,21H2,1H3,(H,25,26). The van der Waals surface area contributed by atoms with E-state index in [1.807, 2.05) is 18.2 Å². The zero-order valence-electron chi connectivity index (χ0n) is 14.9. The molecule has 0 spiro atoms. The SMILES string of the molecule is CCOC(=O)c1c(N)n(-c2ccc(C(=O)O)cc2)c2nc3ccccc3nc12. The van der Waals surface area contributed by atoms with E-state index in [2.05, 4.69) is 9.97 Å². The van der Waals surface area contributed by atoms with Gasteiger partial charge in [0.1, 0.15) is 16.9 Å². The number of hydrogen-bond donors (Lipinski definition) is 2. The summed E-state index contributed by atoms with van der Waals surface area (Å²) in [6, 6.07) is 13.4. The van der Waals surface area contributed by atoms with E-state index in [1.165, 1.54) is 12.1 Å². The molecule has 8 heteroatoms. The Labute approximate surface area is 159 Å². The van der Waals surface area contributed by atoms with Crippen LogP contribution < -0.4 is 5.73 Å². The largest absolute Gasteiger partial charge is 0.478 e. The van der Waals surface area contributed by atoms with Gasteiger partial charge in [-0.25, -0.2) is 19.6 Å². The number of carbonyl (C=O) groups is 2. The number of carboxylic acids is 1. The summed E-state index contributed by atoms with van der Waals surface area (Å²) in [4.78, 5) is 32.9. The minimum Gasteiger partial charge on any atom is -0.478 e. The minimum absolute atomic E-state index is 0.131. The highest BCUT2D eigenvalue weighted by atomic mass is 16.5. The zero-order valence-corrected chi connectivity index (χ0v) is 14.9. The summed E-state index contributed by atoms with van der Waals surface area (Å²) in [5, 5.41) is 9.11. The maximum Gasteiger partial charge on any atom is 0.344 e. The number of para-hydroxylation sites is 2. The molecule has 2 heterocycles. The van der Waals surface area contributed by atoms with Gasteiger partial charge in [0, 0.05) is 5.69 Å². The van der Waals surface area contributed by atoms with E-state index in [1.54, 1.807) is 29.7 Å². The molecule has 0 amide bonds. The second-order valence-corrected chi connectivity index (χ2v) is 6.05. The number of hydrogen-bond acceptors (Lipinski definition) is 6. The molecule has 0 saturated heterocycles. The molecule has 0 fully saturated rings. The molecule has 8 nitrogen and oxygen atoms in total. The number of aromatic carboxylic acids is 1. The van der Waals surface area contributed by atoms with E-state index in [9.17, 15) is 9.59 Å². The van der Waals surface area contributed by atoms with E-state index in [0.717, 1.165) is 0 Å². The minimum atomic E-state index is -1.03. The van der Waals surface area contributed by atoms with Crippen molar-refractivity contribution >= 4 is 40.0 Å². The molecule has 0 atom stereocenters. The number of rotatable bonds is 4. The van der Waals surface area contributed by atoms with Gasteiger partial charge in [-0.1, -0.05) is 12.1 Å². The van der Waals surface area contributed by atoms with Crippen LogP contribution in [0.25, 0.3) is 27.9 Å². The van der Waals surface area contributed by atoms with Gasteiger partial charge in [-0.2, -0.15) is 0 Å². The summed E-state index contributed by atoms with van der Waals surface area (Å²) < 4.78 is 6.73. The van der Waals surface area contributed by atoms with E-state index < -0.39 is 11.9 Å². The molecule has 4 rings (SSSR count). The number of benzene rings is 2. The molecule has 0 saturated carbocycles. The van der Waals surface area contributed by atoms with E-state index >= 15 is 0 Å². The number of aromatic nitrogens is 3. The molecule has 0 unspecified atom stereocenters. The third-order valence-electron chi connectivity index (χ3n) is 4.35. The molecular formula is C20H16N4O4. The molecular weight excluding hydrogens is 360 g/mol. The summed E-state index contributed by atoms with van der Waals surface area (Å²) in [6.45, 7) is 1.90. The normalized spacial score (nSPS) is 11.0. The highest BCUT2D eigenvalue weighted by Gasteiger charge is 2.25. The third kappa shape index (κ3) is 2.71. The van der Waals surface area contributed by atoms with E-state index in [0.29, 0.717) is 27.9 Å². The zero-order chi connectivity index (χ0) is 19.8. The highest BCUT2D eigenvalue weighted by Crippen LogP contribution is 2.31. The van der Waals surface area contributed by atoms with Crippen molar-refractivity contribution in [3.8, 4) is 5.69 Å². The van der Waals surface area contributed by atoms with Gasteiger partial charge < -0.3 is 15.6 Å². The van der Waals surface area contributed by atoms with Crippen LogP contribution in [0, 0.1) is 0 Å². The Balaban J connectivity index is 2.04. The Morgan fingerprint density at radius 3 is 2.32 bits per heavy atom. The molecule has 28 heavy (non-hydrogen) atoms. The first kappa shape index (κ1) is 17.5. The molecule has 0 aliphatic rings. The Morgan fingerprint density at radius 1 is 1.07 bits per heavy atom. The number of esters is 1. The van der Waals surface area contributed by atoms with Gasteiger partial charge in [0.2, 0.25) is 0 Å². The van der Waals surface area contributed by atoms with Gasteiger partial charge in [-0.3, -0.25) is 4.57 Å². The third-order valence-corrected chi connectivity index (χ3v) is 4.35. The quantitative estimate of drug-likeness (QED) is 0.525. The van der Waals surface area contributed by atoms with Crippen LogP contribution in [0.3, 0.4) is 0 Å². The van der Waals surface area contributed by atoms with Crippen molar-refractivity contribution in [1.82, 2.24) is 14.5 Å². The summed E-state index contributed by atoms with van der Waals surface area (Å²) in [5.41, 5.74) is 9.13. The number of ether oxygens (including phenoxy) is 1. The summed E-state index contributed by atoms with van der Waals surface area (Å²) in [5.74, 6) is -1.49. The van der Waals surface area contributed by atoms with Crippen LogP contribution in [0.15, 0.2) is 48.5 Å². The Morgan fingerprint density at radius 2 is 1.71 bits per heavy atom. The first-order valence-corrected chi connectivity index (χ1v) is 8.58. The smallest absolute Gasteiger partial charge is 0.344 e. The average molecular weight is 376 g/mol. The Hall–Kier alpha value is -3.94. The number of carboxylic acid groups (broad SMARTS) is 1. The van der Waals surface area contributed by atoms with E-state index in [4.69, 9.17) is 15.6 Å². The van der Waals surface area contributed by atoms with Crippen LogP contribution in [-0.2, 0) is 4.74 Å². The lowest BCUT2D eigenvalue weighted by molar-refractivity contribution is 0.0529. The van der Waals surface area contributed by atoms with Gasteiger partial charge >= 0.3 is 11.9 Å². The van der Waals surface area contributed by atoms with Crippen molar-refractivity contribution in [1.29, 1.82) is 0 Å². The van der Waals surface area contributed by atoms with Crippen LogP contribution in [0.5, 0.6) is 0 Å². The maximum absolute atomic E-state index is 12.5. The lowest BCUT2D eigenvalue weighted by Gasteiger charge is -2.08. The van der Waals surface area contributed by atoms with Crippen molar-refractivity contribution in [3.05, 3.63) is 59.7 Å². The topological polar surface area (TPSA) is 120 Å². The summed E-state index contributed by atoms with van der Waals surface area (Å²) in [7, 11) is 0. The second-order valence-electron chi connectivity index (χ2n) is 6.05. The lowest BCUT2D eigenvalue weighted by atomic mass is 10.2. The number of fused-ring (bicyclic) bond motifs is 2. The van der Waals surface area contributed by atoms with Crippen LogP contribution in [0.1, 0.15) is 27.6 Å². The number of nitrogens with zero attached hydrogens (tertiary/aromatic N) is 3. The Kier molecular flexibility index (Phi) is 4.15. The molecule has 3 N–H and O–H groups in total. The van der Waals surface area contributed by atoms with Crippen molar-refractivity contribution in [3.63, 3.8) is 0 Å². The van der Waals surface area contributed by atoms with Crippen molar-refractivity contribution < 1.29 is 19.4 Å². The summed E-state index contributed by atoms with van der Waals surface area (Å²) in [6.07, 6.45) is 0. The van der Waals surface area contributed by atoms with Gasteiger partial charge in [-0.15, -0.1) is 0 Å². The molecule has 2 aromatic carbocycles. The van der Waals surface area contributed by atoms with Crippen molar-refractivity contribution in [2.24, 2.45) is 0 Å². The lowest BCUT2D eigenvalue weighted by Crippen LogP contribution is -2.09. The van der Waals surface area contributed by atoms with E-state index in [-0.39, 0.29) is 23.6 Å². The second kappa shape index (κ2) is 6.66. The molecule has 0 aliphatic carbocycles. The van der Waals surface area contributed by atoms with Crippen molar-refractivity contribution in [2.75, 3.05) is 12.3 Å². The first-order valence-electron chi connectivity index (χ1n) is 8.58.